The first-order valence-electron chi connectivity index (χ1n) is 7.79. The van der Waals surface area contributed by atoms with Gasteiger partial charge in [0.1, 0.15) is 5.75 Å². The Hall–Kier alpha value is -2.57. The molecular formula is C18H21N3O3. The molecule has 3 rings (SSSR count). The Kier molecular flexibility index (Phi) is 5.30. The van der Waals surface area contributed by atoms with E-state index in [2.05, 4.69) is 5.10 Å². The molecule has 0 spiro atoms. The van der Waals surface area contributed by atoms with Crippen molar-refractivity contribution in [2.45, 2.75) is 19.3 Å². The average molecular weight is 327 g/mol. The number of aromatic nitrogens is 3. The van der Waals surface area contributed by atoms with Gasteiger partial charge in [0.2, 0.25) is 0 Å². The lowest BCUT2D eigenvalue weighted by atomic mass is 10.2. The van der Waals surface area contributed by atoms with Crippen LogP contribution in [0.4, 0.5) is 0 Å². The fourth-order valence-corrected chi connectivity index (χ4v) is 2.40. The molecule has 126 valence electrons. The van der Waals surface area contributed by atoms with Crippen LogP contribution in [0.2, 0.25) is 0 Å². The van der Waals surface area contributed by atoms with Crippen LogP contribution in [0.3, 0.4) is 0 Å². The predicted octanol–water partition coefficient (Wildman–Crippen LogP) is 2.26. The Morgan fingerprint density at radius 3 is 2.62 bits per heavy atom. The van der Waals surface area contributed by atoms with E-state index >= 15 is 0 Å². The van der Waals surface area contributed by atoms with Gasteiger partial charge in [-0.1, -0.05) is 12.1 Å². The van der Waals surface area contributed by atoms with Crippen molar-refractivity contribution in [3.8, 4) is 11.4 Å². The van der Waals surface area contributed by atoms with Gasteiger partial charge in [-0.2, -0.15) is 5.10 Å². The summed E-state index contributed by atoms with van der Waals surface area (Å²) in [6.07, 6.45) is 6.96. The average Bonchev–Trinajstić information content (AvgIpc) is 3.27. The van der Waals surface area contributed by atoms with Crippen LogP contribution in [0.5, 0.6) is 5.75 Å². The normalized spacial score (nSPS) is 12.2. The first-order valence-corrected chi connectivity index (χ1v) is 7.79. The highest BCUT2D eigenvalue weighted by atomic mass is 16.5. The Morgan fingerprint density at radius 2 is 1.92 bits per heavy atom. The minimum Gasteiger partial charge on any atom is -0.497 e. The van der Waals surface area contributed by atoms with E-state index < -0.39 is 6.10 Å². The Balaban J connectivity index is 1.44. The van der Waals surface area contributed by atoms with Crippen molar-refractivity contribution in [1.29, 1.82) is 0 Å². The molecule has 1 unspecified atom stereocenters. The smallest absolute Gasteiger partial charge is 0.118 e. The molecule has 1 N–H and O–H groups in total. The summed E-state index contributed by atoms with van der Waals surface area (Å²) in [6.45, 7) is 1.10. The summed E-state index contributed by atoms with van der Waals surface area (Å²) in [5, 5.41) is 14.4. The van der Waals surface area contributed by atoms with Gasteiger partial charge in [0, 0.05) is 18.6 Å². The van der Waals surface area contributed by atoms with Gasteiger partial charge < -0.3 is 19.1 Å². The molecule has 0 aliphatic carbocycles. The third kappa shape index (κ3) is 4.24. The Bertz CT molecular complexity index is 735. The van der Waals surface area contributed by atoms with E-state index in [1.54, 1.807) is 18.0 Å². The zero-order valence-electron chi connectivity index (χ0n) is 13.6. The largest absolute Gasteiger partial charge is 0.497 e. The number of hydrogen-bond donors (Lipinski definition) is 1. The molecule has 0 saturated heterocycles. The number of rotatable bonds is 8. The maximum absolute atomic E-state index is 10.1. The van der Waals surface area contributed by atoms with E-state index in [-0.39, 0.29) is 6.61 Å². The summed E-state index contributed by atoms with van der Waals surface area (Å²) in [5.74, 6) is 0.816. The summed E-state index contributed by atoms with van der Waals surface area (Å²) in [6, 6.07) is 11.6. The van der Waals surface area contributed by atoms with E-state index in [4.69, 9.17) is 9.47 Å². The maximum Gasteiger partial charge on any atom is 0.118 e. The molecule has 1 atom stereocenters. The van der Waals surface area contributed by atoms with Gasteiger partial charge in [0.15, 0.2) is 0 Å². The quantitative estimate of drug-likeness (QED) is 0.689. The lowest BCUT2D eigenvalue weighted by Gasteiger charge is -2.11. The Labute approximate surface area is 140 Å². The third-order valence-corrected chi connectivity index (χ3v) is 3.66. The van der Waals surface area contributed by atoms with Crippen LogP contribution in [0.15, 0.2) is 61.2 Å². The molecule has 1 aromatic carbocycles. The molecule has 6 nitrogen and oxygen atoms in total. The van der Waals surface area contributed by atoms with Crippen molar-refractivity contribution in [2.24, 2.45) is 0 Å². The van der Waals surface area contributed by atoms with Gasteiger partial charge in [-0.25, -0.2) is 0 Å². The number of methoxy groups -OCH3 is 1. The summed E-state index contributed by atoms with van der Waals surface area (Å²) < 4.78 is 14.4. The SMILES string of the molecule is COc1ccc(COCC(O)Cn2cc(-n3cccc3)cn2)cc1. The molecule has 0 fully saturated rings. The highest BCUT2D eigenvalue weighted by Crippen LogP contribution is 2.12. The highest BCUT2D eigenvalue weighted by Gasteiger charge is 2.08. The molecule has 2 aromatic heterocycles. The Morgan fingerprint density at radius 1 is 1.17 bits per heavy atom. The van der Waals surface area contributed by atoms with Crippen LogP contribution >= 0.6 is 0 Å². The molecule has 0 bridgehead atoms. The van der Waals surface area contributed by atoms with Gasteiger partial charge in [-0.3, -0.25) is 4.68 Å². The van der Waals surface area contributed by atoms with Gasteiger partial charge in [0.05, 0.1) is 44.9 Å². The lowest BCUT2D eigenvalue weighted by molar-refractivity contribution is 0.0187. The van der Waals surface area contributed by atoms with Crippen molar-refractivity contribution in [2.75, 3.05) is 13.7 Å². The van der Waals surface area contributed by atoms with E-state index in [9.17, 15) is 5.11 Å². The summed E-state index contributed by atoms with van der Waals surface area (Å²) >= 11 is 0. The number of ether oxygens (including phenoxy) is 2. The lowest BCUT2D eigenvalue weighted by Crippen LogP contribution is -2.22. The summed E-state index contributed by atoms with van der Waals surface area (Å²) in [7, 11) is 1.64. The summed E-state index contributed by atoms with van der Waals surface area (Å²) in [4.78, 5) is 0. The van der Waals surface area contributed by atoms with Crippen LogP contribution in [0.25, 0.3) is 5.69 Å². The molecule has 3 aromatic rings. The number of benzene rings is 1. The molecule has 0 saturated carbocycles. The van der Waals surface area contributed by atoms with E-state index in [1.165, 1.54) is 0 Å². The minimum atomic E-state index is -0.610. The molecule has 0 aliphatic heterocycles. The second-order valence-corrected chi connectivity index (χ2v) is 5.53. The molecule has 24 heavy (non-hydrogen) atoms. The first kappa shape index (κ1) is 16.3. The number of aliphatic hydroxyl groups is 1. The minimum absolute atomic E-state index is 0.255. The van der Waals surface area contributed by atoms with Gasteiger partial charge >= 0.3 is 0 Å². The number of nitrogens with zero attached hydrogens (tertiary/aromatic N) is 3. The molecule has 0 aliphatic rings. The number of hydrogen-bond acceptors (Lipinski definition) is 4. The van der Waals surface area contributed by atoms with Gasteiger partial charge in [-0.05, 0) is 29.8 Å². The van der Waals surface area contributed by atoms with Crippen LogP contribution in [0, 0.1) is 0 Å². The summed E-state index contributed by atoms with van der Waals surface area (Å²) in [5.41, 5.74) is 2.00. The van der Waals surface area contributed by atoms with E-state index in [1.807, 2.05) is 59.6 Å². The zero-order valence-corrected chi connectivity index (χ0v) is 13.6. The molecule has 0 radical (unpaired) electrons. The predicted molar refractivity (Wildman–Crippen MR) is 90.2 cm³/mol. The molecule has 0 amide bonds. The highest BCUT2D eigenvalue weighted by molar-refractivity contribution is 5.27. The van der Waals surface area contributed by atoms with Crippen LogP contribution in [-0.2, 0) is 17.9 Å². The topological polar surface area (TPSA) is 61.4 Å². The fourth-order valence-electron chi connectivity index (χ4n) is 2.40. The van der Waals surface area contributed by atoms with Gasteiger partial charge in [0.25, 0.3) is 0 Å². The van der Waals surface area contributed by atoms with Crippen LogP contribution in [-0.4, -0.2) is 39.3 Å². The maximum atomic E-state index is 10.1. The van der Waals surface area contributed by atoms with Crippen molar-refractivity contribution in [1.82, 2.24) is 14.3 Å². The van der Waals surface area contributed by atoms with Crippen molar-refractivity contribution in [3.05, 3.63) is 66.7 Å². The standard InChI is InChI=1S/C18H21N3O3/c1-23-18-6-4-15(5-7-18)13-24-14-17(22)12-21-11-16(10-19-21)20-8-2-3-9-20/h2-11,17,22H,12-14H2,1H3. The first-order chi connectivity index (χ1) is 11.7. The van der Waals surface area contributed by atoms with Crippen LogP contribution in [0.1, 0.15) is 5.56 Å². The zero-order chi connectivity index (χ0) is 16.8. The van der Waals surface area contributed by atoms with Crippen molar-refractivity contribution >= 4 is 0 Å². The second-order valence-electron chi connectivity index (χ2n) is 5.53. The molecule has 2 heterocycles. The van der Waals surface area contributed by atoms with Crippen LogP contribution < -0.4 is 4.74 Å². The van der Waals surface area contributed by atoms with E-state index in [0.717, 1.165) is 17.0 Å². The molecule has 6 heteroatoms. The third-order valence-electron chi connectivity index (χ3n) is 3.66. The second kappa shape index (κ2) is 7.81. The van der Waals surface area contributed by atoms with E-state index in [0.29, 0.717) is 13.2 Å². The number of aliphatic hydroxyl groups excluding tert-OH is 1. The van der Waals surface area contributed by atoms with Crippen molar-refractivity contribution in [3.63, 3.8) is 0 Å². The van der Waals surface area contributed by atoms with Crippen molar-refractivity contribution < 1.29 is 14.6 Å². The van der Waals surface area contributed by atoms with Gasteiger partial charge in [-0.15, -0.1) is 0 Å². The monoisotopic (exact) mass is 327 g/mol. The fraction of sp³-hybridized carbons (Fsp3) is 0.278. The molecular weight excluding hydrogens is 306 g/mol.